The number of carboxylic acids is 1. The second kappa shape index (κ2) is 10.2. The molecule has 1 aliphatic rings. The third-order valence-corrected chi connectivity index (χ3v) is 6.62. The molecule has 4 rings (SSSR count). The van der Waals surface area contributed by atoms with Gasteiger partial charge in [-0.05, 0) is 48.4 Å². The molecule has 0 spiro atoms. The molecule has 3 aromatic rings. The van der Waals surface area contributed by atoms with Gasteiger partial charge in [0.2, 0.25) is 0 Å². The smallest absolute Gasteiger partial charge is 0.335 e. The molecule has 0 unspecified atom stereocenters. The van der Waals surface area contributed by atoms with Crippen molar-refractivity contribution in [2.45, 2.75) is 30.2 Å². The Hall–Kier alpha value is -2.57. The topological polar surface area (TPSA) is 66.3 Å². The maximum Gasteiger partial charge on any atom is 0.335 e. The Morgan fingerprint density at radius 3 is 2.52 bits per heavy atom. The van der Waals surface area contributed by atoms with Crippen molar-refractivity contribution in [1.29, 1.82) is 0 Å². The van der Waals surface area contributed by atoms with Crippen molar-refractivity contribution in [3.63, 3.8) is 0 Å². The van der Waals surface area contributed by atoms with Crippen LogP contribution in [0.25, 0.3) is 0 Å². The molecule has 0 aliphatic carbocycles. The lowest BCUT2D eigenvalue weighted by atomic mass is 9.90. The number of hydrogen-bond donors (Lipinski definition) is 1. The molecule has 31 heavy (non-hydrogen) atoms. The zero-order valence-corrected chi connectivity index (χ0v) is 18.6. The molecule has 7 heteroatoms. The van der Waals surface area contributed by atoms with E-state index in [0.717, 1.165) is 43.7 Å². The van der Waals surface area contributed by atoms with Crippen molar-refractivity contribution in [2.75, 3.05) is 18.0 Å². The summed E-state index contributed by atoms with van der Waals surface area (Å²) in [7, 11) is 0. The van der Waals surface area contributed by atoms with Gasteiger partial charge in [0.15, 0.2) is 5.16 Å². The number of carboxylic acid groups (broad SMARTS) is 1. The highest BCUT2D eigenvalue weighted by Gasteiger charge is 2.21. The van der Waals surface area contributed by atoms with Crippen LogP contribution in [0.3, 0.4) is 0 Å². The van der Waals surface area contributed by atoms with Crippen LogP contribution in [0.4, 0.5) is 5.82 Å². The molecule has 0 amide bonds. The number of piperidine rings is 1. The summed E-state index contributed by atoms with van der Waals surface area (Å²) < 4.78 is 0. The molecule has 1 aromatic heterocycles. The minimum Gasteiger partial charge on any atom is -0.478 e. The Balaban J connectivity index is 1.37. The van der Waals surface area contributed by atoms with Crippen molar-refractivity contribution in [3.8, 4) is 0 Å². The van der Waals surface area contributed by atoms with E-state index in [1.807, 2.05) is 12.1 Å². The van der Waals surface area contributed by atoms with Crippen LogP contribution < -0.4 is 4.90 Å². The molecule has 2 heterocycles. The molecule has 1 fully saturated rings. The predicted molar refractivity (Wildman–Crippen MR) is 125 cm³/mol. The molecule has 1 aliphatic heterocycles. The van der Waals surface area contributed by atoms with Gasteiger partial charge < -0.3 is 10.0 Å². The fraction of sp³-hybridized carbons (Fsp3) is 0.292. The van der Waals surface area contributed by atoms with Gasteiger partial charge in [-0.25, -0.2) is 14.8 Å². The van der Waals surface area contributed by atoms with E-state index in [2.05, 4.69) is 40.2 Å². The first kappa shape index (κ1) is 21.7. The number of carbonyl (C=O) groups is 1. The van der Waals surface area contributed by atoms with Gasteiger partial charge in [0.05, 0.1) is 5.56 Å². The summed E-state index contributed by atoms with van der Waals surface area (Å²) >= 11 is 7.75. The van der Waals surface area contributed by atoms with Crippen LogP contribution in [0.15, 0.2) is 65.8 Å². The number of hydrogen-bond acceptors (Lipinski definition) is 5. The first-order valence-corrected chi connectivity index (χ1v) is 11.7. The quantitative estimate of drug-likeness (QED) is 0.286. The van der Waals surface area contributed by atoms with Crippen molar-refractivity contribution in [2.24, 2.45) is 5.92 Å². The third-order valence-electron chi connectivity index (χ3n) is 5.51. The van der Waals surface area contributed by atoms with Crippen molar-refractivity contribution in [1.82, 2.24) is 9.97 Å². The van der Waals surface area contributed by atoms with Gasteiger partial charge in [-0.2, -0.15) is 0 Å². The summed E-state index contributed by atoms with van der Waals surface area (Å²) in [6.45, 7) is 1.91. The highest BCUT2D eigenvalue weighted by atomic mass is 35.5. The Morgan fingerprint density at radius 1 is 1.03 bits per heavy atom. The summed E-state index contributed by atoms with van der Waals surface area (Å²) in [5, 5.41) is 10.2. The van der Waals surface area contributed by atoms with Crippen LogP contribution in [0.5, 0.6) is 0 Å². The first-order valence-electron chi connectivity index (χ1n) is 10.4. The molecule has 5 nitrogen and oxygen atoms in total. The third kappa shape index (κ3) is 5.99. The van der Waals surface area contributed by atoms with Crippen molar-refractivity contribution < 1.29 is 9.90 Å². The molecule has 0 atom stereocenters. The fourth-order valence-corrected chi connectivity index (χ4v) is 4.89. The number of halogens is 1. The number of aromatic nitrogens is 2. The molecule has 160 valence electrons. The van der Waals surface area contributed by atoms with E-state index in [9.17, 15) is 4.79 Å². The monoisotopic (exact) mass is 453 g/mol. The largest absolute Gasteiger partial charge is 0.478 e. The normalized spacial score (nSPS) is 14.5. The highest BCUT2D eigenvalue weighted by molar-refractivity contribution is 7.98. The summed E-state index contributed by atoms with van der Waals surface area (Å²) in [5.41, 5.74) is 2.60. The number of anilines is 1. The van der Waals surface area contributed by atoms with E-state index >= 15 is 0 Å². The van der Waals surface area contributed by atoms with Crippen LogP contribution in [-0.4, -0.2) is 34.1 Å². The number of rotatable bonds is 7. The van der Waals surface area contributed by atoms with Crippen LogP contribution in [0.2, 0.25) is 5.15 Å². The summed E-state index contributed by atoms with van der Waals surface area (Å²) in [6.07, 6.45) is 3.37. The lowest BCUT2D eigenvalue weighted by molar-refractivity contribution is 0.0696. The zero-order chi connectivity index (χ0) is 21.6. The lowest BCUT2D eigenvalue weighted by Crippen LogP contribution is -2.35. The van der Waals surface area contributed by atoms with Gasteiger partial charge in [0, 0.05) is 24.9 Å². The van der Waals surface area contributed by atoms with E-state index in [0.29, 0.717) is 22.0 Å². The second-order valence-corrected chi connectivity index (χ2v) is 9.08. The highest BCUT2D eigenvalue weighted by Crippen LogP contribution is 2.28. The van der Waals surface area contributed by atoms with E-state index in [1.165, 1.54) is 17.3 Å². The Kier molecular flexibility index (Phi) is 7.10. The predicted octanol–water partition coefficient (Wildman–Crippen LogP) is 5.58. The van der Waals surface area contributed by atoms with E-state index in [4.69, 9.17) is 21.7 Å². The average Bonchev–Trinajstić information content (AvgIpc) is 2.79. The first-order chi connectivity index (χ1) is 15.1. The standard InChI is InChI=1S/C24H24ClN3O2S/c25-21-15-22(28-11-9-18(10-12-28)13-17-5-2-1-3-6-17)27-24(26-21)31-16-19-7-4-8-20(14-19)23(29)30/h1-8,14-15,18H,9-13,16H2,(H,29,30). The number of nitrogens with zero attached hydrogens (tertiary/aromatic N) is 3. The van der Waals surface area contributed by atoms with Gasteiger partial charge in [0.1, 0.15) is 11.0 Å². The molecular formula is C24H24ClN3O2S. The van der Waals surface area contributed by atoms with E-state index in [-0.39, 0.29) is 5.56 Å². The maximum absolute atomic E-state index is 11.2. The molecule has 1 saturated heterocycles. The second-order valence-electron chi connectivity index (χ2n) is 7.75. The molecule has 2 aromatic carbocycles. The fourth-order valence-electron chi connectivity index (χ4n) is 3.87. The number of benzene rings is 2. The molecule has 0 radical (unpaired) electrons. The average molecular weight is 454 g/mol. The minimum absolute atomic E-state index is 0.282. The summed E-state index contributed by atoms with van der Waals surface area (Å²) in [4.78, 5) is 22.5. The molecule has 0 bridgehead atoms. The Morgan fingerprint density at radius 2 is 1.77 bits per heavy atom. The van der Waals surface area contributed by atoms with E-state index < -0.39 is 5.97 Å². The van der Waals surface area contributed by atoms with Gasteiger partial charge in [-0.15, -0.1) is 0 Å². The van der Waals surface area contributed by atoms with Crippen LogP contribution in [0, 0.1) is 5.92 Å². The molecule has 0 saturated carbocycles. The number of aromatic carboxylic acids is 1. The van der Waals surface area contributed by atoms with Gasteiger partial charge in [0.25, 0.3) is 0 Å². The van der Waals surface area contributed by atoms with Gasteiger partial charge in [-0.1, -0.05) is 65.8 Å². The summed E-state index contributed by atoms with van der Waals surface area (Å²) in [6, 6.07) is 19.4. The van der Waals surface area contributed by atoms with Crippen LogP contribution in [-0.2, 0) is 12.2 Å². The maximum atomic E-state index is 11.2. The Bertz CT molecular complexity index is 1040. The Labute approximate surface area is 191 Å². The molecule has 1 N–H and O–H groups in total. The summed E-state index contributed by atoms with van der Waals surface area (Å²) in [5.74, 6) is 1.20. The van der Waals surface area contributed by atoms with Gasteiger partial charge >= 0.3 is 5.97 Å². The lowest BCUT2D eigenvalue weighted by Gasteiger charge is -2.33. The van der Waals surface area contributed by atoms with E-state index in [1.54, 1.807) is 18.2 Å². The zero-order valence-electron chi connectivity index (χ0n) is 17.1. The van der Waals surface area contributed by atoms with Crippen LogP contribution in [0.1, 0.15) is 34.3 Å². The SMILES string of the molecule is O=C(O)c1cccc(CSc2nc(Cl)cc(N3CCC(Cc4ccccc4)CC3)n2)c1. The van der Waals surface area contributed by atoms with Crippen molar-refractivity contribution >= 4 is 35.1 Å². The minimum atomic E-state index is -0.927. The number of thioether (sulfide) groups is 1. The van der Waals surface area contributed by atoms with Gasteiger partial charge in [-0.3, -0.25) is 0 Å². The van der Waals surface area contributed by atoms with Crippen LogP contribution >= 0.6 is 23.4 Å². The van der Waals surface area contributed by atoms with Crippen molar-refractivity contribution in [3.05, 3.63) is 82.5 Å². The molecular weight excluding hydrogens is 430 g/mol.